The molecule has 1 rings (SSSR count). The van der Waals surface area contributed by atoms with Crippen LogP contribution in [0, 0.1) is 5.92 Å². The van der Waals surface area contributed by atoms with E-state index in [1.54, 1.807) is 0 Å². The van der Waals surface area contributed by atoms with Crippen molar-refractivity contribution in [1.82, 2.24) is 15.4 Å². The third kappa shape index (κ3) is 9.44. The Morgan fingerprint density at radius 1 is 1.42 bits per heavy atom. The van der Waals surface area contributed by atoms with E-state index in [4.69, 9.17) is 0 Å². The van der Waals surface area contributed by atoms with E-state index in [1.807, 2.05) is 6.92 Å². The van der Waals surface area contributed by atoms with Crippen LogP contribution in [0.25, 0.3) is 0 Å². The van der Waals surface area contributed by atoms with Crippen molar-refractivity contribution >= 4 is 40.0 Å². The van der Waals surface area contributed by atoms with E-state index in [9.17, 15) is 8.42 Å². The second kappa shape index (κ2) is 8.96. The minimum absolute atomic E-state index is 0. The highest BCUT2D eigenvalue weighted by atomic mass is 127. The average molecular weight is 404 g/mol. The summed E-state index contributed by atoms with van der Waals surface area (Å²) >= 11 is 0. The van der Waals surface area contributed by atoms with Gasteiger partial charge >= 0.3 is 0 Å². The van der Waals surface area contributed by atoms with Gasteiger partial charge in [-0.3, -0.25) is 4.99 Å². The number of nitrogens with one attached hydrogen (secondary N) is 3. The molecule has 1 fully saturated rings. The minimum Gasteiger partial charge on any atom is -0.357 e. The maximum Gasteiger partial charge on any atom is 0.208 e. The van der Waals surface area contributed by atoms with E-state index < -0.39 is 10.0 Å². The molecule has 3 N–H and O–H groups in total. The molecular weight excluding hydrogens is 379 g/mol. The quantitative estimate of drug-likeness (QED) is 0.250. The number of nitrogens with zero attached hydrogens (tertiary/aromatic N) is 1. The Hall–Kier alpha value is -0.0900. The Morgan fingerprint density at radius 2 is 2.05 bits per heavy atom. The SMILES string of the molecule is CCNC(=NCCCNS(C)(=O)=O)NC1CC1C.I. The summed E-state index contributed by atoms with van der Waals surface area (Å²) < 4.78 is 24.1. The molecule has 6 nitrogen and oxygen atoms in total. The molecule has 19 heavy (non-hydrogen) atoms. The van der Waals surface area contributed by atoms with Gasteiger partial charge < -0.3 is 10.6 Å². The molecular formula is C11H25IN4O2S. The summed E-state index contributed by atoms with van der Waals surface area (Å²) in [6.45, 7) is 6.10. The van der Waals surface area contributed by atoms with Crippen LogP contribution in [-0.2, 0) is 10.0 Å². The fourth-order valence-electron chi connectivity index (χ4n) is 1.55. The molecule has 0 saturated heterocycles. The fourth-order valence-corrected chi connectivity index (χ4v) is 2.06. The molecule has 0 aromatic heterocycles. The van der Waals surface area contributed by atoms with Gasteiger partial charge in [0.1, 0.15) is 0 Å². The molecule has 0 amide bonds. The van der Waals surface area contributed by atoms with Crippen LogP contribution >= 0.6 is 24.0 Å². The van der Waals surface area contributed by atoms with Gasteiger partial charge in [-0.15, -0.1) is 24.0 Å². The molecule has 2 atom stereocenters. The average Bonchev–Trinajstić information content (AvgIpc) is 2.92. The lowest BCUT2D eigenvalue weighted by atomic mass is 10.4. The first-order valence-corrected chi connectivity index (χ1v) is 8.31. The summed E-state index contributed by atoms with van der Waals surface area (Å²) in [5.74, 6) is 1.55. The van der Waals surface area contributed by atoms with Crippen LogP contribution in [0.2, 0.25) is 0 Å². The van der Waals surface area contributed by atoms with E-state index in [-0.39, 0.29) is 24.0 Å². The van der Waals surface area contributed by atoms with Crippen molar-refractivity contribution in [3.63, 3.8) is 0 Å². The number of aliphatic imine (C=N–C) groups is 1. The van der Waals surface area contributed by atoms with Crippen LogP contribution in [0.4, 0.5) is 0 Å². The molecule has 1 aliphatic carbocycles. The van der Waals surface area contributed by atoms with Crippen LogP contribution < -0.4 is 15.4 Å². The molecule has 1 saturated carbocycles. The summed E-state index contributed by atoms with van der Waals surface area (Å²) in [5.41, 5.74) is 0. The molecule has 114 valence electrons. The number of halogens is 1. The Balaban J connectivity index is 0.00000324. The molecule has 0 aromatic rings. The molecule has 2 unspecified atom stereocenters. The van der Waals surface area contributed by atoms with Crippen LogP contribution in [0.1, 0.15) is 26.7 Å². The largest absolute Gasteiger partial charge is 0.357 e. The summed E-state index contributed by atoms with van der Waals surface area (Å²) in [4.78, 5) is 4.41. The Labute approximate surface area is 133 Å². The van der Waals surface area contributed by atoms with Crippen LogP contribution in [0.3, 0.4) is 0 Å². The maximum absolute atomic E-state index is 10.8. The number of hydrogen-bond acceptors (Lipinski definition) is 3. The minimum atomic E-state index is -3.08. The zero-order chi connectivity index (χ0) is 13.6. The highest BCUT2D eigenvalue weighted by molar-refractivity contribution is 14.0. The van der Waals surface area contributed by atoms with Gasteiger partial charge in [0.2, 0.25) is 10.0 Å². The second-order valence-corrected chi connectivity index (χ2v) is 6.58. The molecule has 0 aromatic carbocycles. The van der Waals surface area contributed by atoms with Crippen LogP contribution in [0.5, 0.6) is 0 Å². The topological polar surface area (TPSA) is 82.6 Å². The standard InChI is InChI=1S/C11H24N4O2S.HI/c1-4-12-11(15-10-8-9(10)2)13-6-5-7-14-18(3,16)17;/h9-10,14H,4-8H2,1-3H3,(H2,12,13,15);1H. The number of hydrogen-bond donors (Lipinski definition) is 3. The molecule has 0 spiro atoms. The summed E-state index contributed by atoms with van der Waals surface area (Å²) in [6, 6.07) is 0.539. The van der Waals surface area contributed by atoms with Gasteiger partial charge in [-0.25, -0.2) is 13.1 Å². The lowest BCUT2D eigenvalue weighted by Crippen LogP contribution is -2.39. The van der Waals surface area contributed by atoms with Crippen molar-refractivity contribution < 1.29 is 8.42 Å². The summed E-state index contributed by atoms with van der Waals surface area (Å²) in [5, 5.41) is 6.53. The highest BCUT2D eigenvalue weighted by Gasteiger charge is 2.33. The van der Waals surface area contributed by atoms with Crippen molar-refractivity contribution in [2.75, 3.05) is 25.9 Å². The van der Waals surface area contributed by atoms with Gasteiger partial charge in [0.15, 0.2) is 5.96 Å². The van der Waals surface area contributed by atoms with E-state index in [0.29, 0.717) is 25.6 Å². The Kier molecular flexibility index (Phi) is 8.92. The second-order valence-electron chi connectivity index (χ2n) is 4.74. The van der Waals surface area contributed by atoms with Gasteiger partial charge in [0, 0.05) is 25.7 Å². The van der Waals surface area contributed by atoms with Crippen molar-refractivity contribution in [3.8, 4) is 0 Å². The Morgan fingerprint density at radius 3 is 2.53 bits per heavy atom. The van der Waals surface area contributed by atoms with Crippen LogP contribution in [0.15, 0.2) is 4.99 Å². The first-order valence-electron chi connectivity index (χ1n) is 6.42. The van der Waals surface area contributed by atoms with Crippen molar-refractivity contribution in [1.29, 1.82) is 0 Å². The molecule has 0 aliphatic heterocycles. The Bertz CT molecular complexity index is 386. The predicted octanol–water partition coefficient (Wildman–Crippen LogP) is 0.507. The predicted molar refractivity (Wildman–Crippen MR) is 89.6 cm³/mol. The maximum atomic E-state index is 10.8. The normalized spacial score (nSPS) is 22.6. The van der Waals surface area contributed by atoms with Crippen molar-refractivity contribution in [2.45, 2.75) is 32.7 Å². The molecule has 0 heterocycles. The number of rotatable bonds is 7. The smallest absolute Gasteiger partial charge is 0.208 e. The highest BCUT2D eigenvalue weighted by Crippen LogP contribution is 2.28. The third-order valence-corrected chi connectivity index (χ3v) is 3.47. The van der Waals surface area contributed by atoms with E-state index in [1.165, 1.54) is 6.42 Å². The monoisotopic (exact) mass is 404 g/mol. The summed E-state index contributed by atoms with van der Waals surface area (Å²) in [6.07, 6.45) is 3.06. The first-order chi connectivity index (χ1) is 8.42. The van der Waals surface area contributed by atoms with E-state index in [2.05, 4.69) is 27.3 Å². The van der Waals surface area contributed by atoms with Crippen LogP contribution in [-0.4, -0.2) is 46.3 Å². The molecule has 0 bridgehead atoms. The third-order valence-electron chi connectivity index (χ3n) is 2.74. The number of sulfonamides is 1. The summed E-state index contributed by atoms with van der Waals surface area (Å²) in [7, 11) is -3.08. The van der Waals surface area contributed by atoms with Gasteiger partial charge in [-0.05, 0) is 25.7 Å². The van der Waals surface area contributed by atoms with E-state index >= 15 is 0 Å². The zero-order valence-corrected chi connectivity index (χ0v) is 14.9. The van der Waals surface area contributed by atoms with Gasteiger partial charge in [-0.1, -0.05) is 6.92 Å². The van der Waals surface area contributed by atoms with E-state index in [0.717, 1.165) is 24.7 Å². The number of guanidine groups is 1. The molecule has 0 radical (unpaired) electrons. The lowest BCUT2D eigenvalue weighted by molar-refractivity contribution is 0.585. The van der Waals surface area contributed by atoms with Gasteiger partial charge in [0.05, 0.1) is 6.26 Å². The van der Waals surface area contributed by atoms with Crippen molar-refractivity contribution in [2.24, 2.45) is 10.9 Å². The van der Waals surface area contributed by atoms with Gasteiger partial charge in [-0.2, -0.15) is 0 Å². The molecule has 8 heteroatoms. The molecule has 1 aliphatic rings. The van der Waals surface area contributed by atoms with Crippen molar-refractivity contribution in [3.05, 3.63) is 0 Å². The van der Waals surface area contributed by atoms with Gasteiger partial charge in [0.25, 0.3) is 0 Å². The zero-order valence-electron chi connectivity index (χ0n) is 11.8. The first kappa shape index (κ1) is 18.9. The fraction of sp³-hybridized carbons (Fsp3) is 0.909. The lowest BCUT2D eigenvalue weighted by Gasteiger charge is -2.10.